The van der Waals surface area contributed by atoms with Crippen LogP contribution >= 0.6 is 0 Å². The van der Waals surface area contributed by atoms with Crippen LogP contribution in [0.4, 0.5) is 0 Å². The van der Waals surface area contributed by atoms with Crippen LogP contribution in [0.2, 0.25) is 0 Å². The molecule has 1 aliphatic rings. The van der Waals surface area contributed by atoms with Gasteiger partial charge in [-0.05, 0) is 36.5 Å². The molecule has 1 saturated heterocycles. The number of amides is 2. The smallest absolute Gasteiger partial charge is 0.251 e. The maximum atomic E-state index is 12.6. The predicted molar refractivity (Wildman–Crippen MR) is 103 cm³/mol. The van der Waals surface area contributed by atoms with E-state index in [4.69, 9.17) is 0 Å². The Morgan fingerprint density at radius 3 is 2.62 bits per heavy atom. The molecule has 2 aromatic carbocycles. The molecular formula is C22H26N2O2. The summed E-state index contributed by atoms with van der Waals surface area (Å²) in [6.07, 6.45) is 3.12. The number of benzene rings is 2. The fourth-order valence-electron chi connectivity index (χ4n) is 3.52. The third-order valence-electron chi connectivity index (χ3n) is 4.93. The highest BCUT2D eigenvalue weighted by Gasteiger charge is 2.30. The van der Waals surface area contributed by atoms with Crippen molar-refractivity contribution in [2.24, 2.45) is 0 Å². The van der Waals surface area contributed by atoms with E-state index in [0.717, 1.165) is 31.4 Å². The zero-order valence-electron chi connectivity index (χ0n) is 15.3. The fourth-order valence-corrected chi connectivity index (χ4v) is 3.52. The molecular weight excluding hydrogens is 324 g/mol. The lowest BCUT2D eigenvalue weighted by atomic mass is 10.0. The van der Waals surface area contributed by atoms with Crippen LogP contribution in [-0.4, -0.2) is 35.8 Å². The molecule has 1 fully saturated rings. The van der Waals surface area contributed by atoms with Crippen molar-refractivity contribution in [1.82, 2.24) is 10.2 Å². The Labute approximate surface area is 155 Å². The van der Waals surface area contributed by atoms with Gasteiger partial charge in [0.25, 0.3) is 5.91 Å². The molecule has 4 nitrogen and oxygen atoms in total. The molecule has 0 saturated carbocycles. The molecule has 1 N–H and O–H groups in total. The topological polar surface area (TPSA) is 49.4 Å². The van der Waals surface area contributed by atoms with Crippen LogP contribution in [-0.2, 0) is 17.6 Å². The van der Waals surface area contributed by atoms with Crippen LogP contribution in [0.15, 0.2) is 54.6 Å². The first kappa shape index (κ1) is 18.2. The van der Waals surface area contributed by atoms with Crippen LogP contribution in [0.5, 0.6) is 0 Å². The lowest BCUT2D eigenvalue weighted by Gasteiger charge is -2.17. The van der Waals surface area contributed by atoms with Crippen molar-refractivity contribution < 1.29 is 9.59 Å². The molecule has 0 aromatic heterocycles. The number of hydrogen-bond acceptors (Lipinski definition) is 2. The Balaban J connectivity index is 1.50. The number of hydrogen-bond donors (Lipinski definition) is 1. The molecule has 0 aliphatic carbocycles. The first-order valence-electron chi connectivity index (χ1n) is 9.38. The summed E-state index contributed by atoms with van der Waals surface area (Å²) < 4.78 is 0. The van der Waals surface area contributed by atoms with Gasteiger partial charge in [0.15, 0.2) is 0 Å². The first-order chi connectivity index (χ1) is 12.7. The molecule has 1 aliphatic heterocycles. The van der Waals surface area contributed by atoms with E-state index in [1.165, 1.54) is 5.56 Å². The second-order valence-corrected chi connectivity index (χ2v) is 6.81. The highest BCUT2D eigenvalue weighted by molar-refractivity contribution is 5.96. The minimum atomic E-state index is -0.100. The number of likely N-dealkylation sites (tertiary alicyclic amines) is 1. The van der Waals surface area contributed by atoms with Crippen molar-refractivity contribution >= 4 is 11.8 Å². The summed E-state index contributed by atoms with van der Waals surface area (Å²) in [6, 6.07) is 17.9. The van der Waals surface area contributed by atoms with Crippen molar-refractivity contribution in [3.63, 3.8) is 0 Å². The van der Waals surface area contributed by atoms with Gasteiger partial charge < -0.3 is 10.2 Å². The number of carbonyl (C=O) groups excluding carboxylic acids is 2. The van der Waals surface area contributed by atoms with E-state index in [1.54, 1.807) is 0 Å². The summed E-state index contributed by atoms with van der Waals surface area (Å²) in [6.45, 7) is 3.39. The Hall–Kier alpha value is -2.62. The van der Waals surface area contributed by atoms with E-state index in [9.17, 15) is 9.59 Å². The monoisotopic (exact) mass is 350 g/mol. The van der Waals surface area contributed by atoms with Crippen molar-refractivity contribution in [3.8, 4) is 0 Å². The van der Waals surface area contributed by atoms with Gasteiger partial charge in [0, 0.05) is 25.1 Å². The van der Waals surface area contributed by atoms with Crippen LogP contribution < -0.4 is 5.32 Å². The Morgan fingerprint density at radius 1 is 1.12 bits per heavy atom. The SMILES string of the molecule is CCc1ccccc1C(=O)NC1CC(=O)N(CCCc2ccccc2)C1. The molecule has 0 radical (unpaired) electrons. The Kier molecular flexibility index (Phi) is 6.05. The highest BCUT2D eigenvalue weighted by atomic mass is 16.2. The van der Waals surface area contributed by atoms with E-state index in [-0.39, 0.29) is 17.9 Å². The van der Waals surface area contributed by atoms with Crippen molar-refractivity contribution in [1.29, 1.82) is 0 Å². The van der Waals surface area contributed by atoms with Crippen LogP contribution in [0, 0.1) is 0 Å². The van der Waals surface area contributed by atoms with Crippen molar-refractivity contribution in [2.75, 3.05) is 13.1 Å². The molecule has 3 rings (SSSR count). The van der Waals surface area contributed by atoms with E-state index >= 15 is 0 Å². The number of aryl methyl sites for hydroxylation is 2. The van der Waals surface area contributed by atoms with Gasteiger partial charge in [-0.2, -0.15) is 0 Å². The van der Waals surface area contributed by atoms with Crippen LogP contribution in [0.3, 0.4) is 0 Å². The number of nitrogens with zero attached hydrogens (tertiary/aromatic N) is 1. The lowest BCUT2D eigenvalue weighted by molar-refractivity contribution is -0.127. The molecule has 1 heterocycles. The van der Waals surface area contributed by atoms with Gasteiger partial charge in [-0.1, -0.05) is 55.5 Å². The van der Waals surface area contributed by atoms with E-state index in [0.29, 0.717) is 18.5 Å². The summed E-state index contributed by atoms with van der Waals surface area (Å²) in [5.74, 6) is 0.0542. The second-order valence-electron chi connectivity index (χ2n) is 6.81. The summed E-state index contributed by atoms with van der Waals surface area (Å²) in [7, 11) is 0. The fraction of sp³-hybridized carbons (Fsp3) is 0.364. The lowest BCUT2D eigenvalue weighted by Crippen LogP contribution is -2.37. The maximum Gasteiger partial charge on any atom is 0.251 e. The van der Waals surface area contributed by atoms with Gasteiger partial charge in [0.1, 0.15) is 0 Å². The summed E-state index contributed by atoms with van der Waals surface area (Å²) in [5.41, 5.74) is 3.04. The minimum Gasteiger partial charge on any atom is -0.347 e. The van der Waals surface area contributed by atoms with E-state index < -0.39 is 0 Å². The van der Waals surface area contributed by atoms with Crippen LogP contribution in [0.25, 0.3) is 0 Å². The third-order valence-corrected chi connectivity index (χ3v) is 4.93. The van der Waals surface area contributed by atoms with Gasteiger partial charge in [-0.3, -0.25) is 9.59 Å². The van der Waals surface area contributed by atoms with Crippen molar-refractivity contribution in [2.45, 2.75) is 38.6 Å². The summed E-state index contributed by atoms with van der Waals surface area (Å²) in [4.78, 5) is 26.7. The van der Waals surface area contributed by atoms with Gasteiger partial charge in [-0.15, -0.1) is 0 Å². The number of nitrogens with one attached hydrogen (secondary N) is 1. The average Bonchev–Trinajstić information content (AvgIpc) is 3.01. The predicted octanol–water partition coefficient (Wildman–Crippen LogP) is 3.21. The number of rotatable bonds is 7. The molecule has 1 unspecified atom stereocenters. The van der Waals surface area contributed by atoms with Gasteiger partial charge in [0.2, 0.25) is 5.91 Å². The molecule has 26 heavy (non-hydrogen) atoms. The molecule has 0 bridgehead atoms. The number of carbonyl (C=O) groups is 2. The Bertz CT molecular complexity index is 758. The summed E-state index contributed by atoms with van der Waals surface area (Å²) in [5, 5.41) is 3.04. The summed E-state index contributed by atoms with van der Waals surface area (Å²) >= 11 is 0. The first-order valence-corrected chi connectivity index (χ1v) is 9.38. The molecule has 0 spiro atoms. The molecule has 2 amide bonds. The van der Waals surface area contributed by atoms with E-state index in [2.05, 4.69) is 17.4 Å². The van der Waals surface area contributed by atoms with Gasteiger partial charge in [-0.25, -0.2) is 0 Å². The average molecular weight is 350 g/mol. The van der Waals surface area contributed by atoms with Crippen LogP contribution in [0.1, 0.15) is 41.3 Å². The minimum absolute atomic E-state index is 0.0774. The second kappa shape index (κ2) is 8.65. The van der Waals surface area contributed by atoms with E-state index in [1.807, 2.05) is 54.3 Å². The standard InChI is InChI=1S/C22H26N2O2/c1-2-18-12-6-7-13-20(18)22(26)23-19-15-21(25)24(16-19)14-8-11-17-9-4-3-5-10-17/h3-7,9-10,12-13,19H,2,8,11,14-16H2,1H3,(H,23,26). The van der Waals surface area contributed by atoms with Gasteiger partial charge in [0.05, 0.1) is 6.04 Å². The molecule has 1 atom stereocenters. The highest BCUT2D eigenvalue weighted by Crippen LogP contribution is 2.15. The largest absolute Gasteiger partial charge is 0.347 e. The van der Waals surface area contributed by atoms with Gasteiger partial charge >= 0.3 is 0 Å². The quantitative estimate of drug-likeness (QED) is 0.833. The Morgan fingerprint density at radius 2 is 1.85 bits per heavy atom. The normalized spacial score (nSPS) is 16.7. The third kappa shape index (κ3) is 4.51. The van der Waals surface area contributed by atoms with Crippen molar-refractivity contribution in [3.05, 3.63) is 71.3 Å². The molecule has 2 aromatic rings. The zero-order valence-corrected chi connectivity index (χ0v) is 15.3. The maximum absolute atomic E-state index is 12.6. The molecule has 4 heteroatoms. The molecule has 136 valence electrons. The zero-order chi connectivity index (χ0) is 18.4.